The Kier molecular flexibility index (Phi) is 4.75. The van der Waals surface area contributed by atoms with Crippen molar-refractivity contribution in [1.29, 1.82) is 0 Å². The molecule has 0 amide bonds. The van der Waals surface area contributed by atoms with Crippen molar-refractivity contribution < 1.29 is 5.11 Å². The number of hydrogen-bond acceptors (Lipinski definition) is 5. The predicted octanol–water partition coefficient (Wildman–Crippen LogP) is 4.24. The van der Waals surface area contributed by atoms with Crippen molar-refractivity contribution in [2.24, 2.45) is 0 Å². The number of hydrogen-bond donors (Lipinski definition) is 1. The van der Waals surface area contributed by atoms with Gasteiger partial charge < -0.3 is 5.11 Å². The van der Waals surface area contributed by atoms with E-state index in [2.05, 4.69) is 27.5 Å². The summed E-state index contributed by atoms with van der Waals surface area (Å²) in [5.74, 6) is 2.06. The van der Waals surface area contributed by atoms with E-state index in [-0.39, 0.29) is 6.61 Å². The topological polar surface area (TPSA) is 46.0 Å². The van der Waals surface area contributed by atoms with Crippen molar-refractivity contribution in [1.82, 2.24) is 9.97 Å². The maximum Gasteiger partial charge on any atom is 0.142 e. The lowest BCUT2D eigenvalue weighted by Crippen LogP contribution is -1.95. The van der Waals surface area contributed by atoms with Gasteiger partial charge in [-0.2, -0.15) is 11.8 Å². The number of benzene rings is 1. The average molecular weight is 337 g/mol. The second-order valence-corrected chi connectivity index (χ2v) is 6.72. The van der Waals surface area contributed by atoms with Crippen molar-refractivity contribution >= 4 is 44.9 Å². The number of nitrogens with zero attached hydrogens (tertiary/aromatic N) is 2. The molecule has 0 aliphatic heterocycles. The zero-order valence-electron chi connectivity index (χ0n) is 11.1. The molecule has 2 heterocycles. The molecule has 3 nitrogen and oxygen atoms in total. The van der Waals surface area contributed by atoms with Crippen molar-refractivity contribution in [3.8, 4) is 11.1 Å². The summed E-state index contributed by atoms with van der Waals surface area (Å²) in [6.07, 6.45) is 0. The Bertz CT molecular complexity index is 746. The molecule has 0 aliphatic rings. The SMILES string of the molecule is OCCSCc1nc(Cl)c2c(-c3ccccc3)csc2n1. The van der Waals surface area contributed by atoms with Gasteiger partial charge in [0, 0.05) is 16.7 Å². The number of halogens is 1. The van der Waals surface area contributed by atoms with E-state index < -0.39 is 0 Å². The quantitative estimate of drug-likeness (QED) is 0.559. The van der Waals surface area contributed by atoms with Crippen LogP contribution in [-0.4, -0.2) is 27.4 Å². The van der Waals surface area contributed by atoms with Crippen LogP contribution in [0.5, 0.6) is 0 Å². The van der Waals surface area contributed by atoms with Gasteiger partial charge in [-0.1, -0.05) is 41.9 Å². The lowest BCUT2D eigenvalue weighted by Gasteiger charge is -2.03. The first-order valence-corrected chi connectivity index (χ1v) is 8.88. The van der Waals surface area contributed by atoms with E-state index in [0.29, 0.717) is 22.5 Å². The molecule has 0 atom stereocenters. The van der Waals surface area contributed by atoms with Crippen LogP contribution in [0.2, 0.25) is 5.15 Å². The molecule has 0 bridgehead atoms. The highest BCUT2D eigenvalue weighted by Gasteiger charge is 2.13. The maximum atomic E-state index is 8.81. The van der Waals surface area contributed by atoms with Gasteiger partial charge >= 0.3 is 0 Å². The normalized spacial score (nSPS) is 11.1. The lowest BCUT2D eigenvalue weighted by molar-refractivity contribution is 0.322. The van der Waals surface area contributed by atoms with Gasteiger partial charge in [-0.05, 0) is 5.56 Å². The monoisotopic (exact) mass is 336 g/mol. The Morgan fingerprint density at radius 3 is 2.76 bits per heavy atom. The zero-order chi connectivity index (χ0) is 14.7. The number of thiophene rings is 1. The zero-order valence-corrected chi connectivity index (χ0v) is 13.5. The Hall–Kier alpha value is -1.14. The molecule has 3 rings (SSSR count). The van der Waals surface area contributed by atoms with Crippen LogP contribution in [0.4, 0.5) is 0 Å². The molecule has 0 saturated carbocycles. The third kappa shape index (κ3) is 3.21. The second kappa shape index (κ2) is 6.75. The van der Waals surface area contributed by atoms with Gasteiger partial charge in [0.15, 0.2) is 0 Å². The molecule has 0 radical (unpaired) electrons. The number of aliphatic hydroxyl groups excluding tert-OH is 1. The minimum atomic E-state index is 0.164. The Labute approximate surface area is 136 Å². The highest BCUT2D eigenvalue weighted by molar-refractivity contribution is 7.98. The standard InChI is InChI=1S/C15H13ClN2OS2/c16-14-13-11(10-4-2-1-3-5-10)8-21-15(13)18-12(17-14)9-20-7-6-19/h1-5,8,19H,6-7,9H2. The molecule has 0 spiro atoms. The molecule has 6 heteroatoms. The van der Waals surface area contributed by atoms with Crippen LogP contribution in [0.3, 0.4) is 0 Å². The molecule has 0 saturated heterocycles. The van der Waals surface area contributed by atoms with E-state index in [9.17, 15) is 0 Å². The molecule has 1 N–H and O–H groups in total. The van der Waals surface area contributed by atoms with Crippen LogP contribution in [0, 0.1) is 0 Å². The first kappa shape index (κ1) is 14.8. The Morgan fingerprint density at radius 2 is 2.00 bits per heavy atom. The van der Waals surface area contributed by atoms with Gasteiger partial charge in [-0.25, -0.2) is 9.97 Å². The smallest absolute Gasteiger partial charge is 0.142 e. The molecule has 0 aliphatic carbocycles. The van der Waals surface area contributed by atoms with Crippen molar-refractivity contribution in [2.75, 3.05) is 12.4 Å². The third-order valence-electron chi connectivity index (χ3n) is 2.99. The number of aromatic nitrogens is 2. The van der Waals surface area contributed by atoms with Crippen LogP contribution < -0.4 is 0 Å². The predicted molar refractivity (Wildman–Crippen MR) is 91.1 cm³/mol. The summed E-state index contributed by atoms with van der Waals surface area (Å²) in [7, 11) is 0. The summed E-state index contributed by atoms with van der Waals surface area (Å²) >= 11 is 9.55. The van der Waals surface area contributed by atoms with Gasteiger partial charge in [0.05, 0.1) is 17.7 Å². The molecule has 0 fully saturated rings. The van der Waals surface area contributed by atoms with Crippen LogP contribution in [0.15, 0.2) is 35.7 Å². The maximum absolute atomic E-state index is 8.81. The highest BCUT2D eigenvalue weighted by Crippen LogP contribution is 2.36. The van der Waals surface area contributed by atoms with E-state index in [0.717, 1.165) is 21.3 Å². The van der Waals surface area contributed by atoms with Gasteiger partial charge in [0.2, 0.25) is 0 Å². The molecule has 1 aromatic carbocycles. The fourth-order valence-electron chi connectivity index (χ4n) is 2.06. The van der Waals surface area contributed by atoms with Crippen molar-refractivity contribution in [3.05, 3.63) is 46.7 Å². The third-order valence-corrected chi connectivity index (χ3v) is 5.07. The number of rotatable bonds is 5. The summed E-state index contributed by atoms with van der Waals surface area (Å²) in [5, 5.41) is 12.3. The first-order valence-electron chi connectivity index (χ1n) is 6.47. The largest absolute Gasteiger partial charge is 0.396 e. The van der Waals surface area contributed by atoms with Crippen LogP contribution in [-0.2, 0) is 5.75 Å². The van der Waals surface area contributed by atoms with Gasteiger partial charge in [0.25, 0.3) is 0 Å². The van der Waals surface area contributed by atoms with E-state index in [1.54, 1.807) is 23.1 Å². The minimum absolute atomic E-state index is 0.164. The molecule has 21 heavy (non-hydrogen) atoms. The molecule has 0 unspecified atom stereocenters. The summed E-state index contributed by atoms with van der Waals surface area (Å²) in [6, 6.07) is 10.1. The fraction of sp³-hybridized carbons (Fsp3) is 0.200. The molecular weight excluding hydrogens is 324 g/mol. The summed E-state index contributed by atoms with van der Waals surface area (Å²) in [5.41, 5.74) is 2.20. The Balaban J connectivity index is 1.99. The molecule has 2 aromatic heterocycles. The van der Waals surface area contributed by atoms with E-state index in [1.807, 2.05) is 18.2 Å². The van der Waals surface area contributed by atoms with Gasteiger partial charge in [-0.3, -0.25) is 0 Å². The van der Waals surface area contributed by atoms with Crippen molar-refractivity contribution in [2.45, 2.75) is 5.75 Å². The van der Waals surface area contributed by atoms with Gasteiger partial charge in [0.1, 0.15) is 15.8 Å². The molecular formula is C15H13ClN2OS2. The molecule has 108 valence electrons. The lowest BCUT2D eigenvalue weighted by atomic mass is 10.1. The summed E-state index contributed by atoms with van der Waals surface area (Å²) in [6.45, 7) is 0.164. The van der Waals surface area contributed by atoms with E-state index in [4.69, 9.17) is 16.7 Å². The highest BCUT2D eigenvalue weighted by atomic mass is 35.5. The Morgan fingerprint density at radius 1 is 1.19 bits per heavy atom. The van der Waals surface area contributed by atoms with Crippen LogP contribution in [0.1, 0.15) is 5.82 Å². The summed E-state index contributed by atoms with van der Waals surface area (Å²) in [4.78, 5) is 9.88. The fourth-order valence-corrected chi connectivity index (χ4v) is 3.96. The number of thioether (sulfide) groups is 1. The first-order chi connectivity index (χ1) is 10.3. The number of fused-ring (bicyclic) bond motifs is 1. The molecule has 3 aromatic rings. The van der Waals surface area contributed by atoms with E-state index in [1.165, 1.54) is 0 Å². The van der Waals surface area contributed by atoms with Crippen molar-refractivity contribution in [3.63, 3.8) is 0 Å². The number of aliphatic hydroxyl groups is 1. The average Bonchev–Trinajstić information content (AvgIpc) is 2.93. The summed E-state index contributed by atoms with van der Waals surface area (Å²) < 4.78 is 0. The van der Waals surface area contributed by atoms with E-state index >= 15 is 0 Å². The second-order valence-electron chi connectivity index (χ2n) is 4.40. The van der Waals surface area contributed by atoms with Gasteiger partial charge in [-0.15, -0.1) is 11.3 Å². The van der Waals surface area contributed by atoms with Crippen LogP contribution >= 0.6 is 34.7 Å². The minimum Gasteiger partial charge on any atom is -0.396 e. The van der Waals surface area contributed by atoms with Crippen LogP contribution in [0.25, 0.3) is 21.3 Å².